The number of hydrogen-bond donors (Lipinski definition) is 0. The minimum atomic E-state index is -0.329. The van der Waals surface area contributed by atoms with Crippen molar-refractivity contribution in [3.05, 3.63) is 29.6 Å². The lowest BCUT2D eigenvalue weighted by atomic mass is 9.98. The van der Waals surface area contributed by atoms with E-state index in [1.165, 1.54) is 13.2 Å². The topological polar surface area (TPSA) is 26.3 Å². The third-order valence-corrected chi connectivity index (χ3v) is 3.09. The van der Waals surface area contributed by atoms with Gasteiger partial charge in [0.25, 0.3) is 0 Å². The van der Waals surface area contributed by atoms with Gasteiger partial charge in [0.2, 0.25) is 0 Å². The van der Waals surface area contributed by atoms with Crippen molar-refractivity contribution in [2.45, 2.75) is 25.7 Å². The number of rotatable bonds is 3. The van der Waals surface area contributed by atoms with Crippen LogP contribution >= 0.6 is 0 Å². The molecule has 0 saturated heterocycles. The fourth-order valence-electron chi connectivity index (χ4n) is 2.24. The zero-order chi connectivity index (χ0) is 11.5. The molecule has 1 aliphatic rings. The van der Waals surface area contributed by atoms with Crippen molar-refractivity contribution in [3.63, 3.8) is 0 Å². The third-order valence-electron chi connectivity index (χ3n) is 3.09. The van der Waals surface area contributed by atoms with E-state index < -0.39 is 0 Å². The molecule has 0 aromatic heterocycles. The summed E-state index contributed by atoms with van der Waals surface area (Å²) in [6.07, 6.45) is 3.05. The predicted octanol–water partition coefficient (Wildman–Crippen LogP) is 2.75. The molecule has 86 valence electrons. The summed E-state index contributed by atoms with van der Waals surface area (Å²) < 4.78 is 18.3. The smallest absolute Gasteiger partial charge is 0.165 e. The van der Waals surface area contributed by atoms with E-state index in [9.17, 15) is 9.18 Å². The summed E-state index contributed by atoms with van der Waals surface area (Å²) in [7, 11) is 1.45. The van der Waals surface area contributed by atoms with Gasteiger partial charge in [-0.1, -0.05) is 6.07 Å². The van der Waals surface area contributed by atoms with Crippen molar-refractivity contribution in [3.8, 4) is 5.75 Å². The number of ketones is 1. The second kappa shape index (κ2) is 4.64. The predicted molar refractivity (Wildman–Crippen MR) is 59.0 cm³/mol. The zero-order valence-corrected chi connectivity index (χ0v) is 9.33. The van der Waals surface area contributed by atoms with Gasteiger partial charge in [0.1, 0.15) is 5.78 Å². The number of halogens is 1. The first kappa shape index (κ1) is 11.1. The molecule has 1 fully saturated rings. The maximum absolute atomic E-state index is 13.4. The van der Waals surface area contributed by atoms with E-state index in [1.54, 1.807) is 6.07 Å². The molecule has 1 aliphatic carbocycles. The molecule has 1 aromatic carbocycles. The first-order valence-corrected chi connectivity index (χ1v) is 5.53. The van der Waals surface area contributed by atoms with Gasteiger partial charge in [-0.05, 0) is 36.5 Å². The molecule has 1 unspecified atom stereocenters. The molecule has 0 N–H and O–H groups in total. The summed E-state index contributed by atoms with van der Waals surface area (Å²) in [5.41, 5.74) is 0.943. The monoisotopic (exact) mass is 222 g/mol. The molecule has 2 rings (SSSR count). The van der Waals surface area contributed by atoms with Gasteiger partial charge >= 0.3 is 0 Å². The average molecular weight is 222 g/mol. The minimum Gasteiger partial charge on any atom is -0.494 e. The van der Waals surface area contributed by atoms with Gasteiger partial charge < -0.3 is 4.74 Å². The molecule has 0 bridgehead atoms. The Bertz CT molecular complexity index is 401. The van der Waals surface area contributed by atoms with Crippen molar-refractivity contribution in [2.24, 2.45) is 5.92 Å². The summed E-state index contributed by atoms with van der Waals surface area (Å²) in [4.78, 5) is 11.1. The number of carbonyl (C=O) groups is 1. The fraction of sp³-hybridized carbons (Fsp3) is 0.462. The Hall–Kier alpha value is -1.38. The summed E-state index contributed by atoms with van der Waals surface area (Å²) in [5.74, 6) is 0.662. The minimum absolute atomic E-state index is 0.270. The second-order valence-corrected chi connectivity index (χ2v) is 4.32. The van der Waals surface area contributed by atoms with Crippen LogP contribution in [0.25, 0.3) is 0 Å². The van der Waals surface area contributed by atoms with E-state index in [1.807, 2.05) is 6.07 Å². The van der Waals surface area contributed by atoms with Crippen molar-refractivity contribution in [1.29, 1.82) is 0 Å². The summed E-state index contributed by atoms with van der Waals surface area (Å²) >= 11 is 0. The van der Waals surface area contributed by atoms with Crippen LogP contribution < -0.4 is 4.74 Å². The Morgan fingerprint density at radius 1 is 1.50 bits per heavy atom. The maximum Gasteiger partial charge on any atom is 0.165 e. The van der Waals surface area contributed by atoms with Crippen molar-refractivity contribution in [1.82, 2.24) is 0 Å². The van der Waals surface area contributed by atoms with Crippen LogP contribution in [0.4, 0.5) is 4.39 Å². The molecule has 1 saturated carbocycles. The largest absolute Gasteiger partial charge is 0.494 e. The number of methoxy groups -OCH3 is 1. The van der Waals surface area contributed by atoms with Gasteiger partial charge in [-0.2, -0.15) is 0 Å². The number of carbonyl (C=O) groups excluding carboxylic acids is 1. The highest BCUT2D eigenvalue weighted by Crippen LogP contribution is 2.27. The maximum atomic E-state index is 13.4. The lowest BCUT2D eigenvalue weighted by molar-refractivity contribution is -0.117. The second-order valence-electron chi connectivity index (χ2n) is 4.32. The lowest BCUT2D eigenvalue weighted by Crippen LogP contribution is -2.01. The highest BCUT2D eigenvalue weighted by Gasteiger charge is 2.22. The average Bonchev–Trinajstić information content (AvgIpc) is 2.64. The highest BCUT2D eigenvalue weighted by atomic mass is 19.1. The number of hydrogen-bond acceptors (Lipinski definition) is 2. The molecule has 0 heterocycles. The SMILES string of the molecule is COc1ccc(CC2CCC(=O)C2)cc1F. The number of benzene rings is 1. The fourth-order valence-corrected chi connectivity index (χ4v) is 2.24. The molecule has 0 amide bonds. The Kier molecular flexibility index (Phi) is 3.22. The first-order valence-electron chi connectivity index (χ1n) is 5.53. The molecule has 0 spiro atoms. The van der Waals surface area contributed by atoms with Crippen molar-refractivity contribution < 1.29 is 13.9 Å². The van der Waals surface area contributed by atoms with Gasteiger partial charge in [-0.3, -0.25) is 4.79 Å². The molecule has 1 atom stereocenters. The van der Waals surface area contributed by atoms with E-state index in [0.717, 1.165) is 18.4 Å². The summed E-state index contributed by atoms with van der Waals surface area (Å²) in [5, 5.41) is 0. The molecule has 0 radical (unpaired) electrons. The Labute approximate surface area is 94.4 Å². The molecular formula is C13H15FO2. The standard InChI is InChI=1S/C13H15FO2/c1-16-13-5-3-10(8-12(13)14)6-9-2-4-11(15)7-9/h3,5,8-9H,2,4,6-7H2,1H3. The Balaban J connectivity index is 2.04. The van der Waals surface area contributed by atoms with Crippen LogP contribution in [0, 0.1) is 11.7 Å². The van der Waals surface area contributed by atoms with E-state index in [-0.39, 0.29) is 11.6 Å². The number of ether oxygens (including phenoxy) is 1. The highest BCUT2D eigenvalue weighted by molar-refractivity contribution is 5.80. The van der Waals surface area contributed by atoms with Crippen LogP contribution in [0.1, 0.15) is 24.8 Å². The summed E-state index contributed by atoms with van der Waals surface area (Å²) in [6, 6.07) is 5.01. The quantitative estimate of drug-likeness (QED) is 0.786. The van der Waals surface area contributed by atoms with Gasteiger partial charge in [0.05, 0.1) is 7.11 Å². The first-order chi connectivity index (χ1) is 7.69. The normalized spacial score (nSPS) is 20.1. The van der Waals surface area contributed by atoms with Crippen LogP contribution in [-0.4, -0.2) is 12.9 Å². The molecule has 1 aromatic rings. The number of Topliss-reactive ketones (excluding diaryl/α,β-unsaturated/α-hetero) is 1. The lowest BCUT2D eigenvalue weighted by Gasteiger charge is -2.09. The van der Waals surface area contributed by atoms with Gasteiger partial charge in [-0.25, -0.2) is 4.39 Å². The van der Waals surface area contributed by atoms with E-state index in [4.69, 9.17) is 4.74 Å². The third kappa shape index (κ3) is 2.40. The zero-order valence-electron chi connectivity index (χ0n) is 9.33. The Morgan fingerprint density at radius 3 is 2.88 bits per heavy atom. The van der Waals surface area contributed by atoms with E-state index in [2.05, 4.69) is 0 Å². The van der Waals surface area contributed by atoms with E-state index in [0.29, 0.717) is 24.5 Å². The molecule has 0 aliphatic heterocycles. The summed E-state index contributed by atoms with van der Waals surface area (Å²) in [6.45, 7) is 0. The van der Waals surface area contributed by atoms with Crippen LogP contribution in [0.5, 0.6) is 5.75 Å². The van der Waals surface area contributed by atoms with Crippen LogP contribution in [-0.2, 0) is 11.2 Å². The van der Waals surface area contributed by atoms with E-state index >= 15 is 0 Å². The molecular weight excluding hydrogens is 207 g/mol. The van der Waals surface area contributed by atoms with Crippen LogP contribution in [0.2, 0.25) is 0 Å². The van der Waals surface area contributed by atoms with Gasteiger partial charge in [-0.15, -0.1) is 0 Å². The molecule has 16 heavy (non-hydrogen) atoms. The van der Waals surface area contributed by atoms with Crippen molar-refractivity contribution in [2.75, 3.05) is 7.11 Å². The van der Waals surface area contributed by atoms with Crippen LogP contribution in [0.15, 0.2) is 18.2 Å². The molecule has 3 heteroatoms. The van der Waals surface area contributed by atoms with Gasteiger partial charge in [0, 0.05) is 12.8 Å². The van der Waals surface area contributed by atoms with Crippen LogP contribution in [0.3, 0.4) is 0 Å². The van der Waals surface area contributed by atoms with Gasteiger partial charge in [0.15, 0.2) is 11.6 Å². The van der Waals surface area contributed by atoms with Crippen molar-refractivity contribution >= 4 is 5.78 Å². The Morgan fingerprint density at radius 2 is 2.31 bits per heavy atom. The molecule has 2 nitrogen and oxygen atoms in total.